The predicted octanol–water partition coefficient (Wildman–Crippen LogP) is 2.23. The maximum absolute atomic E-state index is 12.8. The predicted molar refractivity (Wildman–Crippen MR) is 172 cm³/mol. The van der Waals surface area contributed by atoms with Gasteiger partial charge in [-0.25, -0.2) is 0 Å². The van der Waals surface area contributed by atoms with Gasteiger partial charge in [-0.05, 0) is 30.5 Å². The molecule has 1 aliphatic heterocycles. The number of carbonyl (C=O) groups excluding carboxylic acids is 3. The number of hydrogen-bond donors (Lipinski definition) is 5. The van der Waals surface area contributed by atoms with Gasteiger partial charge in [0.25, 0.3) is 0 Å². The number of benzene rings is 2. The lowest BCUT2D eigenvalue weighted by atomic mass is 9.98. The van der Waals surface area contributed by atoms with Crippen molar-refractivity contribution in [1.29, 1.82) is 0 Å². The van der Waals surface area contributed by atoms with Crippen LogP contribution in [0.15, 0.2) is 54.6 Å². The number of nitrogens with zero attached hydrogens (tertiary/aromatic N) is 1. The second-order valence-corrected chi connectivity index (χ2v) is 12.8. The van der Waals surface area contributed by atoms with Crippen molar-refractivity contribution in [1.82, 2.24) is 9.62 Å². The third-order valence-electron chi connectivity index (χ3n) is 7.99. The highest BCUT2D eigenvalue weighted by Gasteiger charge is 2.47. The molecule has 0 saturated carbocycles. The molecule has 0 spiro atoms. The molecule has 5 atom stereocenters. The van der Waals surface area contributed by atoms with E-state index in [2.05, 4.69) is 0 Å². The minimum absolute atomic E-state index is 0.0134. The van der Waals surface area contributed by atoms with Crippen molar-refractivity contribution in [2.75, 3.05) is 19.7 Å². The van der Waals surface area contributed by atoms with Crippen LogP contribution in [0.25, 0.3) is 0 Å². The molecule has 1 fully saturated rings. The van der Waals surface area contributed by atoms with Gasteiger partial charge in [0, 0.05) is 44.3 Å². The summed E-state index contributed by atoms with van der Waals surface area (Å²) in [5.74, 6) is 0.250. The molecule has 0 aromatic heterocycles. The van der Waals surface area contributed by atoms with Crippen molar-refractivity contribution in [2.24, 2.45) is 0 Å². The zero-order valence-electron chi connectivity index (χ0n) is 26.6. The molecular formula is C33H46N2O11S. The summed E-state index contributed by atoms with van der Waals surface area (Å²) in [6.45, 7) is 1.99. The summed E-state index contributed by atoms with van der Waals surface area (Å²) in [6, 6.07) is 13.9. The summed E-state index contributed by atoms with van der Waals surface area (Å²) >= 11 is 0. The number of nitrogens with one attached hydrogen (secondary N) is 1. The number of hydrogen-bond acceptors (Lipinski definition) is 10. The van der Waals surface area contributed by atoms with E-state index in [4.69, 9.17) is 9.47 Å². The van der Waals surface area contributed by atoms with E-state index in [0.29, 0.717) is 31.5 Å². The summed E-state index contributed by atoms with van der Waals surface area (Å²) in [5, 5.41) is 29.9. The lowest BCUT2D eigenvalue weighted by molar-refractivity contribution is -0.242. The average Bonchev–Trinajstić information content (AvgIpc) is 3.05. The van der Waals surface area contributed by atoms with Gasteiger partial charge >= 0.3 is 10.3 Å². The number of amides is 1. The zero-order valence-corrected chi connectivity index (χ0v) is 27.4. The minimum atomic E-state index is -4.81. The summed E-state index contributed by atoms with van der Waals surface area (Å²) in [5.41, 5.74) is 1.40. The first kappa shape index (κ1) is 38.2. The number of rotatable bonds is 20. The number of Topliss-reactive ketones (excluding diaryl/α,β-unsaturated/α-hetero) is 2. The number of unbranched alkanes of at least 4 members (excludes halogenated alkanes) is 4. The largest absolute Gasteiger partial charge is 0.463 e. The van der Waals surface area contributed by atoms with Gasteiger partial charge in [0.2, 0.25) is 12.2 Å². The van der Waals surface area contributed by atoms with Crippen LogP contribution in [0.4, 0.5) is 0 Å². The molecule has 47 heavy (non-hydrogen) atoms. The maximum atomic E-state index is 12.8. The van der Waals surface area contributed by atoms with Crippen LogP contribution in [-0.4, -0.2) is 101 Å². The number of carbonyl (C=O) groups is 3. The second kappa shape index (κ2) is 18.9. The van der Waals surface area contributed by atoms with Gasteiger partial charge in [0.05, 0.1) is 6.61 Å². The highest BCUT2D eigenvalue weighted by molar-refractivity contribution is 7.83. The summed E-state index contributed by atoms with van der Waals surface area (Å²) in [4.78, 5) is 39.2. The Morgan fingerprint density at radius 3 is 2.19 bits per heavy atom. The quantitative estimate of drug-likeness (QED) is 0.0782. The normalized spacial score (nSPS) is 21.3. The van der Waals surface area contributed by atoms with Crippen molar-refractivity contribution in [3.63, 3.8) is 0 Å². The number of aliphatic hydroxyl groups is 3. The molecule has 0 radical (unpaired) electrons. The van der Waals surface area contributed by atoms with Crippen LogP contribution in [0.1, 0.15) is 74.2 Å². The zero-order chi connectivity index (χ0) is 34.4. The van der Waals surface area contributed by atoms with Gasteiger partial charge < -0.3 is 29.7 Å². The molecule has 1 amide bonds. The molecule has 1 aliphatic rings. The molecule has 260 valence electrons. The van der Waals surface area contributed by atoms with Crippen molar-refractivity contribution in [3.05, 3.63) is 65.7 Å². The van der Waals surface area contributed by atoms with Crippen molar-refractivity contribution < 1.29 is 52.1 Å². The monoisotopic (exact) mass is 678 g/mol. The Hall–Kier alpha value is -3.24. The summed E-state index contributed by atoms with van der Waals surface area (Å²) in [6.07, 6.45) is -0.560. The topological polar surface area (TPSA) is 200 Å². The van der Waals surface area contributed by atoms with Crippen molar-refractivity contribution in [2.45, 2.75) is 95.4 Å². The van der Waals surface area contributed by atoms with Gasteiger partial charge in [-0.3, -0.25) is 18.9 Å². The van der Waals surface area contributed by atoms with E-state index in [1.54, 1.807) is 28.7 Å². The Morgan fingerprint density at radius 2 is 1.55 bits per heavy atom. The maximum Gasteiger partial charge on any atom is 0.333 e. The van der Waals surface area contributed by atoms with Gasteiger partial charge in [-0.15, -0.1) is 0 Å². The van der Waals surface area contributed by atoms with Gasteiger partial charge in [-0.1, -0.05) is 68.7 Å². The third kappa shape index (κ3) is 12.7. The van der Waals surface area contributed by atoms with E-state index in [0.717, 1.165) is 37.7 Å². The molecule has 2 aromatic carbocycles. The number of ketones is 2. The van der Waals surface area contributed by atoms with E-state index < -0.39 is 47.6 Å². The molecule has 5 N–H and O–H groups in total. The number of aliphatic hydroxyl groups excluding tert-OH is 3. The van der Waals surface area contributed by atoms with Crippen LogP contribution in [0.2, 0.25) is 0 Å². The fourth-order valence-electron chi connectivity index (χ4n) is 5.35. The Bertz CT molecular complexity index is 1390. The molecule has 5 unspecified atom stereocenters. The van der Waals surface area contributed by atoms with E-state index >= 15 is 0 Å². The minimum Gasteiger partial charge on any atom is -0.463 e. The molecular weight excluding hydrogens is 632 g/mol. The lowest BCUT2D eigenvalue weighted by Gasteiger charge is -2.41. The van der Waals surface area contributed by atoms with Crippen molar-refractivity contribution in [3.8, 4) is 5.75 Å². The van der Waals surface area contributed by atoms with Crippen molar-refractivity contribution >= 4 is 27.8 Å². The van der Waals surface area contributed by atoms with E-state index in [-0.39, 0.29) is 36.1 Å². The van der Waals surface area contributed by atoms with Gasteiger partial charge in [0.15, 0.2) is 5.78 Å². The first-order chi connectivity index (χ1) is 22.4. The molecule has 2 aromatic rings. The summed E-state index contributed by atoms with van der Waals surface area (Å²) in [7, 11) is -4.81. The molecule has 0 aliphatic carbocycles. The first-order valence-electron chi connectivity index (χ1n) is 15.9. The molecule has 13 nitrogen and oxygen atoms in total. The molecule has 1 heterocycles. The third-order valence-corrected chi connectivity index (χ3v) is 8.56. The van der Waals surface area contributed by atoms with Crippen LogP contribution in [0.3, 0.4) is 0 Å². The molecule has 3 rings (SSSR count). The molecule has 1 saturated heterocycles. The Labute approximate surface area is 275 Å². The van der Waals surface area contributed by atoms with Crippen LogP contribution in [0.5, 0.6) is 5.75 Å². The highest BCUT2D eigenvalue weighted by Crippen LogP contribution is 2.25. The SMILES string of the molecule is CCC(=O)N(CCCCCCCC(=O)c1ccccc1)CCC(=O)Cc1ccc(OC2OC(CO)C(O)C(O)C2NS(=O)(=O)O)cc1. The second-order valence-electron chi connectivity index (χ2n) is 11.6. The summed E-state index contributed by atoms with van der Waals surface area (Å²) < 4.78 is 44.8. The fourth-order valence-corrected chi connectivity index (χ4v) is 5.94. The van der Waals surface area contributed by atoms with Gasteiger partial charge in [-0.2, -0.15) is 13.1 Å². The first-order valence-corrected chi connectivity index (χ1v) is 17.4. The standard InChI is InChI=1S/C33H46N2O11S/c1-2-29(39)35(19-10-5-3-4-9-13-27(38)24-11-7-6-8-12-24)20-18-25(37)21-23-14-16-26(17-15-23)45-33-30(34-47(42,43)44)32(41)31(40)28(22-36)46-33/h6-8,11-12,14-17,28,30-34,36,40-41H,2-5,9-10,13,18-22H2,1H3,(H,42,43,44). The molecule has 14 heteroatoms. The molecule has 0 bridgehead atoms. The lowest BCUT2D eigenvalue weighted by Crippen LogP contribution is -2.65. The number of ether oxygens (including phenoxy) is 2. The highest BCUT2D eigenvalue weighted by atomic mass is 32.2. The van der Waals surface area contributed by atoms with Crippen LogP contribution >= 0.6 is 0 Å². The van der Waals surface area contributed by atoms with E-state index in [1.165, 1.54) is 12.1 Å². The van der Waals surface area contributed by atoms with Crippen LogP contribution in [-0.2, 0) is 31.1 Å². The average molecular weight is 679 g/mol. The Balaban J connectivity index is 1.42. The fraction of sp³-hybridized carbons (Fsp3) is 0.545. The van der Waals surface area contributed by atoms with E-state index in [1.807, 2.05) is 30.3 Å². The van der Waals surface area contributed by atoms with Crippen LogP contribution in [0, 0.1) is 0 Å². The van der Waals surface area contributed by atoms with Gasteiger partial charge in [0.1, 0.15) is 35.9 Å². The Morgan fingerprint density at radius 1 is 0.894 bits per heavy atom. The van der Waals surface area contributed by atoms with Crippen LogP contribution < -0.4 is 9.46 Å². The van der Waals surface area contributed by atoms with E-state index in [9.17, 15) is 42.7 Å². The smallest absolute Gasteiger partial charge is 0.333 e. The Kier molecular flexibility index (Phi) is 15.4.